The molecule has 5 rings (SSSR count). The third-order valence-electron chi connectivity index (χ3n) is 7.39. The molecule has 0 spiro atoms. The average Bonchev–Trinajstić information content (AvgIpc) is 3.31. The van der Waals surface area contributed by atoms with E-state index < -0.39 is 0 Å². The number of fused-ring (bicyclic) bond motifs is 1. The van der Waals surface area contributed by atoms with Gasteiger partial charge in [0.1, 0.15) is 0 Å². The third-order valence-corrected chi connectivity index (χ3v) is 7.72. The maximum absolute atomic E-state index is 12.9. The lowest BCUT2D eigenvalue weighted by molar-refractivity contribution is 0.0935. The second-order valence-corrected chi connectivity index (χ2v) is 10.0. The number of benzene rings is 2. The maximum Gasteiger partial charge on any atom is 0.253 e. The van der Waals surface area contributed by atoms with Crippen LogP contribution in [0.5, 0.6) is 0 Å². The lowest BCUT2D eigenvalue weighted by Crippen LogP contribution is -2.35. The minimum absolute atomic E-state index is 0.0601. The molecule has 1 saturated heterocycles. The molecule has 1 aliphatic carbocycles. The summed E-state index contributed by atoms with van der Waals surface area (Å²) in [6.45, 7) is 2.74. The van der Waals surface area contributed by atoms with E-state index >= 15 is 0 Å². The lowest BCUT2D eigenvalue weighted by atomic mass is 9.93. The smallest absolute Gasteiger partial charge is 0.253 e. The average molecular weight is 503 g/mol. The molecular weight excluding hydrogens is 472 g/mol. The van der Waals surface area contributed by atoms with Crippen LogP contribution in [0, 0.1) is 5.92 Å². The molecule has 2 amide bonds. The molecule has 36 heavy (non-hydrogen) atoms. The zero-order valence-electron chi connectivity index (χ0n) is 20.3. The Hall–Kier alpha value is -3.38. The van der Waals surface area contributed by atoms with Gasteiger partial charge in [-0.05, 0) is 85.5 Å². The Labute approximate surface area is 217 Å². The fourth-order valence-electron chi connectivity index (χ4n) is 5.30. The van der Waals surface area contributed by atoms with Gasteiger partial charge >= 0.3 is 0 Å². The van der Waals surface area contributed by atoms with E-state index in [1.54, 1.807) is 24.3 Å². The van der Waals surface area contributed by atoms with Gasteiger partial charge in [0, 0.05) is 43.3 Å². The van der Waals surface area contributed by atoms with Crippen LogP contribution in [-0.4, -0.2) is 36.4 Å². The molecule has 0 radical (unpaired) electrons. The Morgan fingerprint density at radius 3 is 2.53 bits per heavy atom. The van der Waals surface area contributed by atoms with E-state index in [4.69, 9.17) is 11.6 Å². The van der Waals surface area contributed by atoms with Crippen molar-refractivity contribution in [2.75, 3.05) is 24.5 Å². The van der Waals surface area contributed by atoms with Gasteiger partial charge in [0.2, 0.25) is 0 Å². The second kappa shape index (κ2) is 11.1. The number of halogens is 1. The van der Waals surface area contributed by atoms with E-state index in [0.29, 0.717) is 28.6 Å². The number of hydrogen-bond donors (Lipinski definition) is 2. The standard InChI is InChI=1S/C29H31ClN4O2/c30-26-4-2-1-3-24(26)29(36)33-27-8-7-21-5-6-22(19-25(21)27)28(35)32-16-9-20-12-17-34(18-13-20)23-10-14-31-15-11-23/h1-6,10-11,14-15,19-20,27H,7-9,12-13,16-18H2,(H,32,35)(H,33,36). The van der Waals surface area contributed by atoms with Crippen LogP contribution < -0.4 is 15.5 Å². The van der Waals surface area contributed by atoms with Crippen LogP contribution >= 0.6 is 11.6 Å². The summed E-state index contributed by atoms with van der Waals surface area (Å²) in [5, 5.41) is 6.64. The quantitative estimate of drug-likeness (QED) is 0.466. The first kappa shape index (κ1) is 24.3. The van der Waals surface area contributed by atoms with Crippen molar-refractivity contribution in [3.8, 4) is 0 Å². The first-order valence-electron chi connectivity index (χ1n) is 12.7. The number of nitrogens with one attached hydrogen (secondary N) is 2. The predicted molar refractivity (Wildman–Crippen MR) is 143 cm³/mol. The van der Waals surface area contributed by atoms with E-state index in [1.165, 1.54) is 11.3 Å². The number of anilines is 1. The molecule has 6 nitrogen and oxygen atoms in total. The van der Waals surface area contributed by atoms with Gasteiger partial charge in [0.25, 0.3) is 11.8 Å². The number of piperidine rings is 1. The minimum atomic E-state index is -0.191. The molecule has 2 heterocycles. The summed E-state index contributed by atoms with van der Waals surface area (Å²) in [5.74, 6) is 0.367. The molecular formula is C29H31ClN4O2. The molecule has 0 saturated carbocycles. The van der Waals surface area contributed by atoms with Crippen molar-refractivity contribution in [1.82, 2.24) is 15.6 Å². The van der Waals surface area contributed by atoms with Gasteiger partial charge in [0.05, 0.1) is 16.6 Å². The summed E-state index contributed by atoms with van der Waals surface area (Å²) in [4.78, 5) is 32.2. The molecule has 186 valence electrons. The van der Waals surface area contributed by atoms with Crippen molar-refractivity contribution in [3.63, 3.8) is 0 Å². The number of carbonyl (C=O) groups is 2. The molecule has 7 heteroatoms. The zero-order valence-corrected chi connectivity index (χ0v) is 21.0. The van der Waals surface area contributed by atoms with Crippen LogP contribution in [0.2, 0.25) is 5.02 Å². The summed E-state index contributed by atoms with van der Waals surface area (Å²) in [6.07, 6.45) is 8.61. The molecule has 2 aliphatic rings. The number of nitrogens with zero attached hydrogens (tertiary/aromatic N) is 2. The molecule has 3 aromatic rings. The fourth-order valence-corrected chi connectivity index (χ4v) is 5.52. The van der Waals surface area contributed by atoms with Gasteiger partial charge in [-0.25, -0.2) is 0 Å². The highest BCUT2D eigenvalue weighted by atomic mass is 35.5. The second-order valence-electron chi connectivity index (χ2n) is 9.64. The van der Waals surface area contributed by atoms with Crippen molar-refractivity contribution in [2.24, 2.45) is 5.92 Å². The SMILES string of the molecule is O=C(NCCC1CCN(c2ccncc2)CC1)c1ccc2c(c1)C(NC(=O)c1ccccc1Cl)CC2. The van der Waals surface area contributed by atoms with Gasteiger partial charge in [0.15, 0.2) is 0 Å². The van der Waals surface area contributed by atoms with Crippen LogP contribution in [0.3, 0.4) is 0 Å². The van der Waals surface area contributed by atoms with Crippen LogP contribution in [0.1, 0.15) is 63.6 Å². The third kappa shape index (κ3) is 5.54. The lowest BCUT2D eigenvalue weighted by Gasteiger charge is -2.33. The molecule has 2 aromatic carbocycles. The Balaban J connectivity index is 1.12. The van der Waals surface area contributed by atoms with Crippen molar-refractivity contribution >= 4 is 29.1 Å². The van der Waals surface area contributed by atoms with Crippen LogP contribution in [0.4, 0.5) is 5.69 Å². The largest absolute Gasteiger partial charge is 0.371 e. The van der Waals surface area contributed by atoms with Crippen molar-refractivity contribution in [2.45, 2.75) is 38.1 Å². The summed E-state index contributed by atoms with van der Waals surface area (Å²) in [7, 11) is 0. The molecule has 1 aromatic heterocycles. The Morgan fingerprint density at radius 2 is 1.75 bits per heavy atom. The van der Waals surface area contributed by atoms with Gasteiger partial charge < -0.3 is 15.5 Å². The topological polar surface area (TPSA) is 74.3 Å². The number of amides is 2. The summed E-state index contributed by atoms with van der Waals surface area (Å²) >= 11 is 6.19. The van der Waals surface area contributed by atoms with E-state index in [2.05, 4.69) is 32.7 Å². The Kier molecular flexibility index (Phi) is 7.52. The Morgan fingerprint density at radius 1 is 0.972 bits per heavy atom. The predicted octanol–water partition coefficient (Wildman–Crippen LogP) is 5.19. The zero-order chi connectivity index (χ0) is 24.9. The van der Waals surface area contributed by atoms with E-state index in [-0.39, 0.29) is 17.9 Å². The molecule has 1 atom stereocenters. The number of carbonyl (C=O) groups excluding carboxylic acids is 2. The summed E-state index contributed by atoms with van der Waals surface area (Å²) in [5.41, 5.74) is 4.53. The highest BCUT2D eigenvalue weighted by molar-refractivity contribution is 6.33. The highest BCUT2D eigenvalue weighted by Crippen LogP contribution is 2.32. The number of aromatic nitrogens is 1. The van der Waals surface area contributed by atoms with Crippen LogP contribution in [-0.2, 0) is 6.42 Å². The van der Waals surface area contributed by atoms with Crippen molar-refractivity contribution in [1.29, 1.82) is 0 Å². The van der Waals surface area contributed by atoms with E-state index in [0.717, 1.165) is 50.8 Å². The normalized spacial score (nSPS) is 17.5. The van der Waals surface area contributed by atoms with Gasteiger partial charge in [-0.2, -0.15) is 0 Å². The van der Waals surface area contributed by atoms with E-state index in [1.807, 2.05) is 30.6 Å². The summed E-state index contributed by atoms with van der Waals surface area (Å²) < 4.78 is 0. The summed E-state index contributed by atoms with van der Waals surface area (Å²) in [6, 6.07) is 16.9. The van der Waals surface area contributed by atoms with Crippen LogP contribution in [0.15, 0.2) is 67.0 Å². The van der Waals surface area contributed by atoms with Gasteiger partial charge in [-0.1, -0.05) is 29.8 Å². The maximum atomic E-state index is 12.9. The molecule has 0 bridgehead atoms. The van der Waals surface area contributed by atoms with Crippen LogP contribution in [0.25, 0.3) is 0 Å². The first-order chi connectivity index (χ1) is 17.6. The van der Waals surface area contributed by atoms with Gasteiger partial charge in [-0.15, -0.1) is 0 Å². The monoisotopic (exact) mass is 502 g/mol. The number of pyridine rings is 1. The molecule has 1 unspecified atom stereocenters. The first-order valence-corrected chi connectivity index (χ1v) is 13.1. The Bertz CT molecular complexity index is 1220. The molecule has 1 aliphatic heterocycles. The molecule has 1 fully saturated rings. The van der Waals surface area contributed by atoms with E-state index in [9.17, 15) is 9.59 Å². The fraction of sp³-hybridized carbons (Fsp3) is 0.345. The minimum Gasteiger partial charge on any atom is -0.371 e. The number of aryl methyl sites for hydroxylation is 1. The highest BCUT2D eigenvalue weighted by Gasteiger charge is 2.26. The number of hydrogen-bond acceptors (Lipinski definition) is 4. The number of rotatable bonds is 7. The van der Waals surface area contributed by atoms with Crippen molar-refractivity contribution < 1.29 is 9.59 Å². The van der Waals surface area contributed by atoms with Crippen molar-refractivity contribution in [3.05, 3.63) is 94.3 Å². The molecule has 2 N–H and O–H groups in total. The van der Waals surface area contributed by atoms with Gasteiger partial charge in [-0.3, -0.25) is 14.6 Å².